The zero-order valence-corrected chi connectivity index (χ0v) is 14.7. The van der Waals surface area contributed by atoms with Gasteiger partial charge in [0.1, 0.15) is 18.1 Å². The van der Waals surface area contributed by atoms with Crippen LogP contribution in [0.15, 0.2) is 48.0 Å². The smallest absolute Gasteiger partial charge is 0.251 e. The molecular formula is C20H20N2O4. The minimum Gasteiger partial charge on any atom is -0.495 e. The quantitative estimate of drug-likeness (QED) is 0.867. The highest BCUT2D eigenvalue weighted by atomic mass is 16.5. The fraction of sp³-hybridized carbons (Fsp3) is 0.200. The van der Waals surface area contributed by atoms with Gasteiger partial charge in [0.2, 0.25) is 5.91 Å². The lowest BCUT2D eigenvalue weighted by Gasteiger charge is -2.17. The summed E-state index contributed by atoms with van der Waals surface area (Å²) in [6.07, 6.45) is 1.77. The molecular weight excluding hydrogens is 332 g/mol. The Labute approximate surface area is 151 Å². The molecule has 26 heavy (non-hydrogen) atoms. The molecule has 0 saturated carbocycles. The number of benzene rings is 2. The molecule has 2 aromatic rings. The Hall–Kier alpha value is -3.28. The van der Waals surface area contributed by atoms with Crippen molar-refractivity contribution in [3.8, 4) is 11.5 Å². The molecule has 1 aliphatic rings. The maximum absolute atomic E-state index is 12.3. The number of amides is 2. The highest BCUT2D eigenvalue weighted by Crippen LogP contribution is 2.26. The van der Waals surface area contributed by atoms with Gasteiger partial charge in [0.25, 0.3) is 5.91 Å². The van der Waals surface area contributed by atoms with Crippen LogP contribution in [0, 0.1) is 6.92 Å². The normalized spacial score (nSPS) is 12.3. The second kappa shape index (κ2) is 7.74. The van der Waals surface area contributed by atoms with Crippen LogP contribution in [0.2, 0.25) is 0 Å². The van der Waals surface area contributed by atoms with Crippen LogP contribution in [0.4, 0.5) is 5.69 Å². The van der Waals surface area contributed by atoms with Gasteiger partial charge in [-0.2, -0.15) is 0 Å². The SMILES string of the molecule is COc1ccc(C)cc1NC(=O)CNC(=O)C1=Cc2ccccc2OC1. The summed E-state index contributed by atoms with van der Waals surface area (Å²) in [4.78, 5) is 24.4. The molecule has 6 heteroatoms. The maximum Gasteiger partial charge on any atom is 0.251 e. The average Bonchev–Trinajstić information content (AvgIpc) is 2.66. The second-order valence-corrected chi connectivity index (χ2v) is 5.93. The van der Waals surface area contributed by atoms with Crippen molar-refractivity contribution in [2.45, 2.75) is 6.92 Å². The van der Waals surface area contributed by atoms with Gasteiger partial charge >= 0.3 is 0 Å². The Morgan fingerprint density at radius 3 is 2.81 bits per heavy atom. The summed E-state index contributed by atoms with van der Waals surface area (Å²) < 4.78 is 10.8. The highest BCUT2D eigenvalue weighted by Gasteiger charge is 2.17. The first kappa shape index (κ1) is 17.5. The fourth-order valence-electron chi connectivity index (χ4n) is 2.64. The molecule has 1 heterocycles. The maximum atomic E-state index is 12.3. The predicted octanol–water partition coefficient (Wildman–Crippen LogP) is 2.53. The van der Waals surface area contributed by atoms with Crippen molar-refractivity contribution in [1.29, 1.82) is 0 Å². The van der Waals surface area contributed by atoms with Crippen LogP contribution < -0.4 is 20.1 Å². The first-order valence-electron chi connectivity index (χ1n) is 8.22. The van der Waals surface area contributed by atoms with Crippen molar-refractivity contribution in [3.05, 3.63) is 59.2 Å². The summed E-state index contributed by atoms with van der Waals surface area (Å²) >= 11 is 0. The average molecular weight is 352 g/mol. The lowest BCUT2D eigenvalue weighted by molar-refractivity contribution is -0.121. The second-order valence-electron chi connectivity index (χ2n) is 5.93. The van der Waals surface area contributed by atoms with Crippen LogP contribution in [0.25, 0.3) is 6.08 Å². The predicted molar refractivity (Wildman–Crippen MR) is 99.3 cm³/mol. The van der Waals surface area contributed by atoms with Crippen molar-refractivity contribution in [3.63, 3.8) is 0 Å². The number of aryl methyl sites for hydroxylation is 1. The van der Waals surface area contributed by atoms with Crippen molar-refractivity contribution < 1.29 is 19.1 Å². The molecule has 2 amide bonds. The lowest BCUT2D eigenvalue weighted by atomic mass is 10.1. The van der Waals surface area contributed by atoms with Crippen molar-refractivity contribution in [1.82, 2.24) is 5.32 Å². The summed E-state index contributed by atoms with van der Waals surface area (Å²) in [6, 6.07) is 13.0. The largest absolute Gasteiger partial charge is 0.495 e. The fourth-order valence-corrected chi connectivity index (χ4v) is 2.64. The van der Waals surface area contributed by atoms with E-state index in [1.165, 1.54) is 7.11 Å². The van der Waals surface area contributed by atoms with E-state index < -0.39 is 0 Å². The minimum absolute atomic E-state index is 0.144. The standard InChI is InChI=1S/C20H20N2O4/c1-13-7-8-18(25-2)16(9-13)22-19(23)11-21-20(24)15-10-14-5-3-4-6-17(14)26-12-15/h3-10H,11-12H2,1-2H3,(H,21,24)(H,22,23). The molecule has 0 saturated heterocycles. The van der Waals surface area contributed by atoms with E-state index >= 15 is 0 Å². The van der Waals surface area contributed by atoms with Crippen molar-refractivity contribution in [2.75, 3.05) is 25.6 Å². The Balaban J connectivity index is 1.59. The number of para-hydroxylation sites is 1. The molecule has 3 rings (SSSR count). The molecule has 0 atom stereocenters. The number of nitrogens with one attached hydrogen (secondary N) is 2. The van der Waals surface area contributed by atoms with Crippen molar-refractivity contribution in [2.24, 2.45) is 0 Å². The van der Waals surface area contributed by atoms with Gasteiger partial charge in [0.15, 0.2) is 0 Å². The van der Waals surface area contributed by atoms with Gasteiger partial charge in [-0.3, -0.25) is 9.59 Å². The zero-order chi connectivity index (χ0) is 18.5. The highest BCUT2D eigenvalue weighted by molar-refractivity contribution is 6.02. The van der Waals surface area contributed by atoms with E-state index in [4.69, 9.17) is 9.47 Å². The van der Waals surface area contributed by atoms with E-state index in [0.29, 0.717) is 17.0 Å². The summed E-state index contributed by atoms with van der Waals surface area (Å²) in [7, 11) is 1.54. The van der Waals surface area contributed by atoms with Gasteiger partial charge in [-0.25, -0.2) is 0 Å². The molecule has 0 aromatic heterocycles. The van der Waals surface area contributed by atoms with Gasteiger partial charge in [-0.05, 0) is 36.8 Å². The molecule has 0 spiro atoms. The number of anilines is 1. The Bertz CT molecular complexity index is 874. The monoisotopic (exact) mass is 352 g/mol. The number of methoxy groups -OCH3 is 1. The molecule has 0 radical (unpaired) electrons. The van der Waals surface area contributed by atoms with Gasteiger partial charge < -0.3 is 20.1 Å². The molecule has 2 aromatic carbocycles. The summed E-state index contributed by atoms with van der Waals surface area (Å²) in [5.41, 5.74) is 2.89. The first-order chi connectivity index (χ1) is 12.6. The van der Waals surface area contributed by atoms with E-state index in [1.54, 1.807) is 12.1 Å². The number of carbonyl (C=O) groups is 2. The van der Waals surface area contributed by atoms with Gasteiger partial charge in [0.05, 0.1) is 24.9 Å². The zero-order valence-electron chi connectivity index (χ0n) is 14.7. The van der Waals surface area contributed by atoms with Crippen LogP contribution in [0.1, 0.15) is 11.1 Å². The first-order valence-corrected chi connectivity index (χ1v) is 8.22. The third-order valence-electron chi connectivity index (χ3n) is 3.96. The Kier molecular flexibility index (Phi) is 5.22. The minimum atomic E-state index is -0.333. The summed E-state index contributed by atoms with van der Waals surface area (Å²) in [5.74, 6) is 0.648. The Morgan fingerprint density at radius 2 is 2.00 bits per heavy atom. The van der Waals surface area contributed by atoms with Crippen LogP contribution >= 0.6 is 0 Å². The van der Waals surface area contributed by atoms with E-state index in [2.05, 4.69) is 10.6 Å². The number of hydrogen-bond acceptors (Lipinski definition) is 4. The number of hydrogen-bond donors (Lipinski definition) is 2. The van der Waals surface area contributed by atoms with Gasteiger partial charge in [-0.15, -0.1) is 0 Å². The molecule has 2 N–H and O–H groups in total. The molecule has 0 fully saturated rings. The number of rotatable bonds is 5. The lowest BCUT2D eigenvalue weighted by Crippen LogP contribution is -2.35. The van der Waals surface area contributed by atoms with Crippen LogP contribution in [0.5, 0.6) is 11.5 Å². The van der Waals surface area contributed by atoms with Gasteiger partial charge in [-0.1, -0.05) is 24.3 Å². The molecule has 1 aliphatic heterocycles. The van der Waals surface area contributed by atoms with E-state index in [-0.39, 0.29) is 25.0 Å². The van der Waals surface area contributed by atoms with Crippen LogP contribution in [0.3, 0.4) is 0 Å². The Morgan fingerprint density at radius 1 is 1.19 bits per heavy atom. The third kappa shape index (κ3) is 4.03. The molecule has 6 nitrogen and oxygen atoms in total. The third-order valence-corrected chi connectivity index (χ3v) is 3.96. The van der Waals surface area contributed by atoms with E-state index in [9.17, 15) is 9.59 Å². The molecule has 134 valence electrons. The van der Waals surface area contributed by atoms with E-state index in [0.717, 1.165) is 16.9 Å². The van der Waals surface area contributed by atoms with Crippen molar-refractivity contribution >= 4 is 23.6 Å². The molecule has 0 bridgehead atoms. The van der Waals surface area contributed by atoms with Crippen LogP contribution in [-0.4, -0.2) is 32.1 Å². The topological polar surface area (TPSA) is 76.7 Å². The molecule has 0 unspecified atom stereocenters. The molecule has 0 aliphatic carbocycles. The summed E-state index contributed by atoms with van der Waals surface area (Å²) in [5, 5.41) is 5.36. The number of fused-ring (bicyclic) bond motifs is 1. The van der Waals surface area contributed by atoms with Crippen LogP contribution in [-0.2, 0) is 9.59 Å². The van der Waals surface area contributed by atoms with E-state index in [1.807, 2.05) is 43.3 Å². The number of carbonyl (C=O) groups excluding carboxylic acids is 2. The van der Waals surface area contributed by atoms with Gasteiger partial charge in [0, 0.05) is 5.56 Å². The number of ether oxygens (including phenoxy) is 2. The summed E-state index contributed by atoms with van der Waals surface area (Å²) in [6.45, 7) is 1.95.